The average molecular weight is 334 g/mol. The van der Waals surface area contributed by atoms with E-state index in [1.165, 1.54) is 6.07 Å². The van der Waals surface area contributed by atoms with E-state index >= 15 is 0 Å². The zero-order valence-electron chi connectivity index (χ0n) is 13.0. The van der Waals surface area contributed by atoms with Crippen molar-refractivity contribution in [2.24, 2.45) is 10.2 Å². The largest absolute Gasteiger partial charge is 0.283 e. The minimum absolute atomic E-state index is 0.435. The molecule has 6 heteroatoms. The molecule has 0 saturated carbocycles. The fourth-order valence-corrected chi connectivity index (χ4v) is 2.52. The topological polar surface area (TPSA) is 42.0 Å². The van der Waals surface area contributed by atoms with Gasteiger partial charge in [-0.05, 0) is 42.5 Å². The van der Waals surface area contributed by atoms with E-state index in [0.717, 1.165) is 12.1 Å². The zero-order chi connectivity index (χ0) is 17.2. The van der Waals surface area contributed by atoms with Crippen LogP contribution in [0.1, 0.15) is 0 Å². The molecular weight excluding hydrogens is 322 g/mol. The van der Waals surface area contributed by atoms with E-state index in [-0.39, 0.29) is 0 Å². The molecule has 0 amide bonds. The van der Waals surface area contributed by atoms with E-state index in [4.69, 9.17) is 0 Å². The Balaban J connectivity index is 1.89. The van der Waals surface area contributed by atoms with E-state index in [0.29, 0.717) is 28.4 Å². The third kappa shape index (κ3) is 2.89. The third-order valence-electron chi connectivity index (χ3n) is 3.71. The van der Waals surface area contributed by atoms with Gasteiger partial charge in [-0.1, -0.05) is 24.3 Å². The summed E-state index contributed by atoms with van der Waals surface area (Å²) in [5.74, 6) is -1.38. The van der Waals surface area contributed by atoms with Gasteiger partial charge in [-0.2, -0.15) is 0 Å². The van der Waals surface area contributed by atoms with Crippen LogP contribution in [0.3, 0.4) is 0 Å². The molecule has 0 saturated heterocycles. The fourth-order valence-electron chi connectivity index (χ4n) is 2.52. The molecule has 0 atom stereocenters. The molecule has 25 heavy (non-hydrogen) atoms. The second-order valence-corrected chi connectivity index (χ2v) is 5.38. The zero-order valence-corrected chi connectivity index (χ0v) is 13.0. The molecule has 0 aliphatic carbocycles. The highest BCUT2D eigenvalue weighted by Gasteiger charge is 2.15. The molecule has 0 unspecified atom stereocenters. The van der Waals surface area contributed by atoms with Crippen molar-refractivity contribution in [1.82, 2.24) is 9.38 Å². The van der Waals surface area contributed by atoms with Crippen LogP contribution >= 0.6 is 0 Å². The highest BCUT2D eigenvalue weighted by atomic mass is 19.2. The van der Waals surface area contributed by atoms with E-state index in [1.54, 1.807) is 10.6 Å². The van der Waals surface area contributed by atoms with E-state index in [9.17, 15) is 8.78 Å². The van der Waals surface area contributed by atoms with Gasteiger partial charge in [0.15, 0.2) is 17.5 Å². The number of hydrogen-bond acceptors (Lipinski definition) is 3. The Labute approximate surface area is 142 Å². The van der Waals surface area contributed by atoms with E-state index in [1.807, 2.05) is 48.5 Å². The summed E-state index contributed by atoms with van der Waals surface area (Å²) in [5, 5.41) is 8.52. The molecule has 4 aromatic rings. The first-order valence-electron chi connectivity index (χ1n) is 7.62. The summed E-state index contributed by atoms with van der Waals surface area (Å²) in [6.07, 6.45) is 1.80. The molecule has 2 aromatic heterocycles. The van der Waals surface area contributed by atoms with Crippen LogP contribution in [-0.4, -0.2) is 9.38 Å². The summed E-state index contributed by atoms with van der Waals surface area (Å²) in [6, 6.07) is 18.4. The Hall–Kier alpha value is -3.41. The summed E-state index contributed by atoms with van der Waals surface area (Å²) >= 11 is 0. The second-order valence-electron chi connectivity index (χ2n) is 5.38. The SMILES string of the molecule is Fc1ccc(-c2nc3ccccn3c2N=Nc2ccccc2)cc1F. The van der Waals surface area contributed by atoms with Crippen LogP contribution < -0.4 is 0 Å². The number of imidazole rings is 1. The predicted molar refractivity (Wildman–Crippen MR) is 91.2 cm³/mol. The molecule has 4 rings (SSSR count). The molecule has 0 aliphatic rings. The lowest BCUT2D eigenvalue weighted by atomic mass is 10.1. The molecule has 122 valence electrons. The number of pyridine rings is 1. The van der Waals surface area contributed by atoms with Crippen molar-refractivity contribution >= 4 is 17.2 Å². The number of azo groups is 1. The van der Waals surface area contributed by atoms with Crippen LogP contribution in [0, 0.1) is 11.6 Å². The highest BCUT2D eigenvalue weighted by Crippen LogP contribution is 2.32. The van der Waals surface area contributed by atoms with Crippen LogP contribution in [0.5, 0.6) is 0 Å². The smallest absolute Gasteiger partial charge is 0.187 e. The number of halogens is 2. The molecule has 0 radical (unpaired) electrons. The van der Waals surface area contributed by atoms with E-state index < -0.39 is 11.6 Å². The molecule has 0 fully saturated rings. The number of rotatable bonds is 3. The first-order valence-corrected chi connectivity index (χ1v) is 7.62. The van der Waals surface area contributed by atoms with Crippen molar-refractivity contribution in [2.45, 2.75) is 0 Å². The lowest BCUT2D eigenvalue weighted by Crippen LogP contribution is -1.86. The van der Waals surface area contributed by atoms with Crippen molar-refractivity contribution in [3.63, 3.8) is 0 Å². The molecule has 0 N–H and O–H groups in total. The van der Waals surface area contributed by atoms with E-state index in [2.05, 4.69) is 15.2 Å². The Bertz CT molecular complexity index is 1070. The highest BCUT2D eigenvalue weighted by molar-refractivity contribution is 5.74. The van der Waals surface area contributed by atoms with Gasteiger partial charge in [-0.25, -0.2) is 13.8 Å². The number of aromatic nitrogens is 2. The maximum atomic E-state index is 13.6. The van der Waals surface area contributed by atoms with Gasteiger partial charge in [0.05, 0.1) is 5.69 Å². The summed E-state index contributed by atoms with van der Waals surface area (Å²) in [4.78, 5) is 4.49. The van der Waals surface area contributed by atoms with Gasteiger partial charge >= 0.3 is 0 Å². The Morgan fingerprint density at radius 3 is 2.40 bits per heavy atom. The molecule has 0 spiro atoms. The normalized spacial score (nSPS) is 11.4. The summed E-state index contributed by atoms with van der Waals surface area (Å²) < 4.78 is 28.6. The second kappa shape index (κ2) is 6.24. The van der Waals surface area contributed by atoms with Crippen molar-refractivity contribution in [1.29, 1.82) is 0 Å². The Kier molecular flexibility index (Phi) is 3.78. The molecule has 2 heterocycles. The van der Waals surface area contributed by atoms with Gasteiger partial charge in [-0.3, -0.25) is 4.40 Å². The van der Waals surface area contributed by atoms with Crippen LogP contribution in [0.15, 0.2) is 83.2 Å². The lowest BCUT2D eigenvalue weighted by molar-refractivity contribution is 0.509. The van der Waals surface area contributed by atoms with Gasteiger partial charge in [0.1, 0.15) is 11.3 Å². The molecule has 0 aliphatic heterocycles. The van der Waals surface area contributed by atoms with Crippen LogP contribution in [0.2, 0.25) is 0 Å². The van der Waals surface area contributed by atoms with Crippen LogP contribution in [-0.2, 0) is 0 Å². The number of benzene rings is 2. The number of fused-ring (bicyclic) bond motifs is 1. The third-order valence-corrected chi connectivity index (χ3v) is 3.71. The quantitative estimate of drug-likeness (QED) is 0.443. The van der Waals surface area contributed by atoms with Crippen molar-refractivity contribution in [2.75, 3.05) is 0 Å². The van der Waals surface area contributed by atoms with Gasteiger partial charge in [-0.15, -0.1) is 10.2 Å². The summed E-state index contributed by atoms with van der Waals surface area (Å²) in [7, 11) is 0. The first-order chi connectivity index (χ1) is 12.2. The van der Waals surface area contributed by atoms with Crippen molar-refractivity contribution in [3.8, 4) is 11.3 Å². The standard InChI is InChI=1S/C19H12F2N4/c20-15-10-9-13(12-16(15)21)18-19(24-23-14-6-2-1-3-7-14)25-11-5-4-8-17(25)22-18/h1-12H. The lowest BCUT2D eigenvalue weighted by Gasteiger charge is -2.01. The molecule has 2 aromatic carbocycles. The minimum Gasteiger partial charge on any atom is -0.283 e. The van der Waals surface area contributed by atoms with Gasteiger partial charge in [0.25, 0.3) is 0 Å². The number of nitrogens with zero attached hydrogens (tertiary/aromatic N) is 4. The number of hydrogen-bond donors (Lipinski definition) is 0. The minimum atomic E-state index is -0.930. The van der Waals surface area contributed by atoms with Gasteiger partial charge in [0.2, 0.25) is 0 Å². The maximum absolute atomic E-state index is 13.6. The molecular formula is C19H12F2N4. The maximum Gasteiger partial charge on any atom is 0.187 e. The van der Waals surface area contributed by atoms with Crippen LogP contribution in [0.4, 0.5) is 20.3 Å². The average Bonchev–Trinajstić information content (AvgIpc) is 3.02. The summed E-state index contributed by atoms with van der Waals surface area (Å²) in [5.41, 5.74) is 2.20. The van der Waals surface area contributed by atoms with Crippen molar-refractivity contribution < 1.29 is 8.78 Å². The fraction of sp³-hybridized carbons (Fsp3) is 0. The monoisotopic (exact) mass is 334 g/mol. The van der Waals surface area contributed by atoms with Gasteiger partial charge < -0.3 is 0 Å². The predicted octanol–water partition coefficient (Wildman–Crippen LogP) is 5.69. The molecule has 0 bridgehead atoms. The Morgan fingerprint density at radius 1 is 0.800 bits per heavy atom. The summed E-state index contributed by atoms with van der Waals surface area (Å²) in [6.45, 7) is 0. The van der Waals surface area contributed by atoms with Crippen molar-refractivity contribution in [3.05, 3.63) is 84.6 Å². The first kappa shape index (κ1) is 15.1. The molecule has 4 nitrogen and oxygen atoms in total. The van der Waals surface area contributed by atoms with Crippen LogP contribution in [0.25, 0.3) is 16.9 Å². The van der Waals surface area contributed by atoms with Gasteiger partial charge in [0, 0.05) is 11.8 Å². The Morgan fingerprint density at radius 2 is 1.60 bits per heavy atom.